The van der Waals surface area contributed by atoms with Gasteiger partial charge in [0.25, 0.3) is 15.9 Å². The van der Waals surface area contributed by atoms with E-state index in [2.05, 4.69) is 4.74 Å². The normalized spacial score (nSPS) is 21.7. The lowest BCUT2D eigenvalue weighted by molar-refractivity contribution is -0.275. The minimum Gasteiger partial charge on any atom is -0.497 e. The number of likely N-dealkylation sites (N-methyl/N-ethyl adjacent to an activating group) is 1. The Morgan fingerprint density at radius 2 is 1.70 bits per heavy atom. The highest BCUT2D eigenvalue weighted by Crippen LogP contribution is 2.55. The number of anilines is 1. The van der Waals surface area contributed by atoms with Crippen molar-refractivity contribution >= 4 is 39.1 Å². The summed E-state index contributed by atoms with van der Waals surface area (Å²) >= 11 is 6.42. The molecule has 46 heavy (non-hydrogen) atoms. The van der Waals surface area contributed by atoms with Crippen LogP contribution in [-0.4, -0.2) is 83.5 Å². The molecular formula is C30H28ClF4N3O7S. The molecule has 2 unspecified atom stereocenters. The third-order valence-corrected chi connectivity index (χ3v) is 9.87. The van der Waals surface area contributed by atoms with E-state index in [0.29, 0.717) is 4.31 Å². The van der Waals surface area contributed by atoms with Crippen molar-refractivity contribution in [2.75, 3.05) is 39.2 Å². The van der Waals surface area contributed by atoms with Gasteiger partial charge in [-0.25, -0.2) is 17.1 Å². The van der Waals surface area contributed by atoms with Crippen molar-refractivity contribution in [2.45, 2.75) is 35.4 Å². The summed E-state index contributed by atoms with van der Waals surface area (Å²) < 4.78 is 100. The third-order valence-electron chi connectivity index (χ3n) is 7.90. The Morgan fingerprint density at radius 3 is 2.33 bits per heavy atom. The molecule has 16 heteroatoms. The molecule has 0 aromatic heterocycles. The first-order valence-electron chi connectivity index (χ1n) is 13.7. The minimum absolute atomic E-state index is 0.0517. The van der Waals surface area contributed by atoms with E-state index in [0.717, 1.165) is 30.2 Å². The summed E-state index contributed by atoms with van der Waals surface area (Å²) in [5, 5.41) is 0.0575. The number of methoxy groups -OCH3 is 2. The van der Waals surface area contributed by atoms with Gasteiger partial charge in [0.1, 0.15) is 28.6 Å². The standard InChI is InChI=1S/C30H28ClF4N3O7S/c1-36(2)27(39)26-21(32)13-14-37(26)29(19-7-5-6-8-23(19)44-4)20-15-17(31)9-11-22(20)38(28(29)40)46(41,42)25-12-10-18(43-3)16-24(25)45-30(33,34)35/h5-12,15-16,21,26H,13-14H2,1-4H3/t21?,26-,29?/m0/s1. The Hall–Kier alpha value is -4.08. The van der Waals surface area contributed by atoms with E-state index in [1.165, 1.54) is 56.4 Å². The minimum atomic E-state index is -5.32. The van der Waals surface area contributed by atoms with Crippen LogP contribution in [-0.2, 0) is 25.2 Å². The summed E-state index contributed by atoms with van der Waals surface area (Å²) in [6, 6.07) is 11.0. The van der Waals surface area contributed by atoms with Crippen LogP contribution in [0.25, 0.3) is 0 Å². The molecular weight excluding hydrogens is 658 g/mol. The summed E-state index contributed by atoms with van der Waals surface area (Å²) in [4.78, 5) is 30.0. The van der Waals surface area contributed by atoms with Crippen LogP contribution in [0.2, 0.25) is 5.02 Å². The highest BCUT2D eigenvalue weighted by atomic mass is 35.5. The number of nitrogens with zero attached hydrogens (tertiary/aromatic N) is 3. The zero-order valence-electron chi connectivity index (χ0n) is 24.8. The van der Waals surface area contributed by atoms with Crippen molar-refractivity contribution in [3.8, 4) is 17.2 Å². The molecule has 2 aliphatic heterocycles. The maximum atomic E-state index is 15.7. The predicted octanol–water partition coefficient (Wildman–Crippen LogP) is 4.74. The van der Waals surface area contributed by atoms with Gasteiger partial charge in [0.2, 0.25) is 5.91 Å². The van der Waals surface area contributed by atoms with Crippen molar-refractivity contribution in [3.05, 3.63) is 76.8 Å². The van der Waals surface area contributed by atoms with Gasteiger partial charge in [0.15, 0.2) is 11.3 Å². The zero-order valence-corrected chi connectivity index (χ0v) is 26.4. The number of hydrogen-bond donors (Lipinski definition) is 0. The number of fused-ring (bicyclic) bond motifs is 1. The molecule has 0 bridgehead atoms. The summed E-state index contributed by atoms with van der Waals surface area (Å²) in [5.74, 6) is -3.15. The smallest absolute Gasteiger partial charge is 0.497 e. The van der Waals surface area contributed by atoms with E-state index in [1.54, 1.807) is 12.1 Å². The number of rotatable bonds is 8. The van der Waals surface area contributed by atoms with Crippen molar-refractivity contribution in [2.24, 2.45) is 0 Å². The average molecular weight is 686 g/mol. The molecule has 3 aromatic rings. The van der Waals surface area contributed by atoms with Crippen molar-refractivity contribution < 1.29 is 49.8 Å². The molecule has 2 amide bonds. The number of ether oxygens (including phenoxy) is 3. The van der Waals surface area contributed by atoms with E-state index < -0.39 is 56.6 Å². The number of halogens is 5. The molecule has 0 radical (unpaired) electrons. The van der Waals surface area contributed by atoms with E-state index >= 15 is 9.18 Å². The molecule has 1 fully saturated rings. The fourth-order valence-corrected chi connectivity index (χ4v) is 7.77. The molecule has 246 valence electrons. The SMILES string of the molecule is COc1ccc(S(=O)(=O)N2C(=O)C(c3ccccc3OC)(N3CCC(F)[C@H]3C(=O)N(C)C)c3cc(Cl)ccc32)c(OC(F)(F)F)c1. The summed E-state index contributed by atoms with van der Waals surface area (Å²) in [6.07, 6.45) is -7.28. The van der Waals surface area contributed by atoms with Crippen LogP contribution in [0.5, 0.6) is 17.2 Å². The summed E-state index contributed by atoms with van der Waals surface area (Å²) in [6.45, 7) is -0.194. The molecule has 2 aliphatic rings. The fraction of sp³-hybridized carbons (Fsp3) is 0.333. The van der Waals surface area contributed by atoms with Gasteiger partial charge >= 0.3 is 6.36 Å². The number of likely N-dealkylation sites (tertiary alicyclic amines) is 1. The quantitative estimate of drug-likeness (QED) is 0.314. The molecule has 0 N–H and O–H groups in total. The van der Waals surface area contributed by atoms with Crippen molar-refractivity contribution in [1.82, 2.24) is 9.80 Å². The van der Waals surface area contributed by atoms with Gasteiger partial charge in [-0.05, 0) is 42.8 Å². The third kappa shape index (κ3) is 5.29. The lowest BCUT2D eigenvalue weighted by Gasteiger charge is -2.42. The van der Waals surface area contributed by atoms with E-state index in [-0.39, 0.29) is 46.3 Å². The lowest BCUT2D eigenvalue weighted by Crippen LogP contribution is -2.60. The summed E-state index contributed by atoms with van der Waals surface area (Å²) in [7, 11) is 0.0478. The molecule has 10 nitrogen and oxygen atoms in total. The van der Waals surface area contributed by atoms with Crippen LogP contribution >= 0.6 is 11.6 Å². The average Bonchev–Trinajstić information content (AvgIpc) is 3.50. The number of sulfonamides is 1. The maximum absolute atomic E-state index is 15.7. The topological polar surface area (TPSA) is 106 Å². The first kappa shape index (κ1) is 33.3. The van der Waals surface area contributed by atoms with Crippen LogP contribution in [0, 0.1) is 0 Å². The zero-order chi connectivity index (χ0) is 33.8. The van der Waals surface area contributed by atoms with E-state index in [4.69, 9.17) is 21.1 Å². The molecule has 2 heterocycles. The number of carbonyl (C=O) groups is 2. The Morgan fingerprint density at radius 1 is 1.00 bits per heavy atom. The van der Waals surface area contributed by atoms with Crippen LogP contribution < -0.4 is 18.5 Å². The molecule has 0 saturated carbocycles. The molecule has 0 aliphatic carbocycles. The largest absolute Gasteiger partial charge is 0.573 e. The van der Waals surface area contributed by atoms with Gasteiger partial charge in [-0.15, -0.1) is 13.2 Å². The second kappa shape index (κ2) is 11.9. The van der Waals surface area contributed by atoms with Crippen molar-refractivity contribution in [1.29, 1.82) is 0 Å². The molecule has 1 saturated heterocycles. The first-order chi connectivity index (χ1) is 21.6. The lowest BCUT2D eigenvalue weighted by atomic mass is 9.80. The highest BCUT2D eigenvalue weighted by molar-refractivity contribution is 7.93. The molecule has 3 aromatic carbocycles. The van der Waals surface area contributed by atoms with Crippen LogP contribution in [0.4, 0.5) is 23.2 Å². The number of amides is 2. The van der Waals surface area contributed by atoms with Gasteiger partial charge in [-0.1, -0.05) is 29.8 Å². The Labute approximate surface area is 267 Å². The molecule has 3 atom stereocenters. The van der Waals surface area contributed by atoms with Gasteiger partial charge in [-0.2, -0.15) is 0 Å². The fourth-order valence-electron chi connectivity index (χ4n) is 6.04. The predicted molar refractivity (Wildman–Crippen MR) is 158 cm³/mol. The molecule has 0 spiro atoms. The number of alkyl halides is 4. The van der Waals surface area contributed by atoms with Crippen LogP contribution in [0.1, 0.15) is 17.5 Å². The second-order valence-corrected chi connectivity index (χ2v) is 12.9. The van der Waals surface area contributed by atoms with E-state index in [9.17, 15) is 26.4 Å². The van der Waals surface area contributed by atoms with Gasteiger partial charge in [0.05, 0.1) is 19.9 Å². The van der Waals surface area contributed by atoms with E-state index in [1.807, 2.05) is 0 Å². The summed E-state index contributed by atoms with van der Waals surface area (Å²) in [5.41, 5.74) is -2.55. The Kier molecular flexibility index (Phi) is 8.64. The first-order valence-corrected chi connectivity index (χ1v) is 15.5. The van der Waals surface area contributed by atoms with Crippen LogP contribution in [0.3, 0.4) is 0 Å². The second-order valence-electron chi connectivity index (χ2n) is 10.7. The van der Waals surface area contributed by atoms with Gasteiger partial charge < -0.3 is 19.1 Å². The molecule has 5 rings (SSSR count). The Bertz CT molecular complexity index is 1810. The number of benzene rings is 3. The monoisotopic (exact) mass is 685 g/mol. The number of hydrogen-bond acceptors (Lipinski definition) is 8. The maximum Gasteiger partial charge on any atom is 0.573 e. The van der Waals surface area contributed by atoms with Gasteiger partial charge in [-0.3, -0.25) is 14.5 Å². The van der Waals surface area contributed by atoms with Gasteiger partial charge in [0, 0.05) is 42.9 Å². The Balaban J connectivity index is 1.85. The highest BCUT2D eigenvalue weighted by Gasteiger charge is 2.64. The van der Waals surface area contributed by atoms with Crippen molar-refractivity contribution in [3.63, 3.8) is 0 Å². The number of carbonyl (C=O) groups excluding carboxylic acids is 2. The van der Waals surface area contributed by atoms with Crippen LogP contribution in [0.15, 0.2) is 65.6 Å². The number of para-hydroxylation sites is 1.